The summed E-state index contributed by atoms with van der Waals surface area (Å²) in [6.07, 6.45) is 50.4. The van der Waals surface area contributed by atoms with Crippen LogP contribution in [0.3, 0.4) is 0 Å². The number of ether oxygens (including phenoxy) is 4. The average Bonchev–Trinajstić information content (AvgIpc) is 1.74. The molecule has 0 amide bonds. The molecule has 0 spiro atoms. The Kier molecular flexibility index (Phi) is 40.2. The molecule has 0 aliphatic carbocycles. The molecule has 8 heteroatoms. The van der Waals surface area contributed by atoms with E-state index >= 15 is 0 Å². The van der Waals surface area contributed by atoms with Crippen LogP contribution < -0.4 is 18.9 Å². The molecule has 0 fully saturated rings. The molecule has 0 saturated heterocycles. The Hall–Kier alpha value is -6.54. The number of hydrogen-bond acceptors (Lipinski definition) is 4. The maximum atomic E-state index is 6.00. The molecule has 9 rings (SSSR count). The monoisotopic (exact) mass is 1300 g/mol. The van der Waals surface area contributed by atoms with Crippen molar-refractivity contribution in [3.05, 3.63) is 156 Å². The van der Waals surface area contributed by atoms with E-state index in [2.05, 4.69) is 210 Å². The quantitative estimate of drug-likeness (QED) is 0.0286. The third kappa shape index (κ3) is 30.2. The van der Waals surface area contributed by atoms with Crippen molar-refractivity contribution in [2.75, 3.05) is 26.4 Å². The summed E-state index contributed by atoms with van der Waals surface area (Å²) in [7, 11) is 0. The molecular weight excluding hydrogens is 1160 g/mol. The van der Waals surface area contributed by atoms with Crippen LogP contribution in [0.15, 0.2) is 128 Å². The van der Waals surface area contributed by atoms with E-state index in [4.69, 9.17) is 18.9 Å². The summed E-state index contributed by atoms with van der Waals surface area (Å²) >= 11 is 0. The first-order chi connectivity index (χ1) is 46.2. The number of rotatable bonds is 44. The van der Waals surface area contributed by atoms with Gasteiger partial charge in [-0.3, -0.25) is 0 Å². The van der Waals surface area contributed by atoms with Gasteiger partial charge in [0.25, 0.3) is 0 Å². The Labute approximate surface area is 578 Å². The van der Waals surface area contributed by atoms with E-state index in [-0.39, 0.29) is 7.43 Å². The smallest absolute Gasteiger partial charge is 0.120 e. The number of aryl methyl sites for hydroxylation is 5. The van der Waals surface area contributed by atoms with Crippen molar-refractivity contribution in [1.82, 2.24) is 19.9 Å². The van der Waals surface area contributed by atoms with Crippen LogP contribution in [0.1, 0.15) is 277 Å². The lowest BCUT2D eigenvalue weighted by Gasteiger charge is -2.13. The Morgan fingerprint density at radius 2 is 0.611 bits per heavy atom. The number of aromatic amines is 4. The van der Waals surface area contributed by atoms with Crippen molar-refractivity contribution in [3.63, 3.8) is 0 Å². The molecule has 1 atom stereocenters. The molecule has 0 bridgehead atoms. The van der Waals surface area contributed by atoms with Crippen LogP contribution in [0.25, 0.3) is 43.6 Å². The zero-order chi connectivity index (χ0) is 66.6. The lowest BCUT2D eigenvalue weighted by atomic mass is 9.98. The maximum absolute atomic E-state index is 6.00. The summed E-state index contributed by atoms with van der Waals surface area (Å²) < 4.78 is 23.9. The van der Waals surface area contributed by atoms with Gasteiger partial charge in [0.1, 0.15) is 23.0 Å². The van der Waals surface area contributed by atoms with Crippen LogP contribution in [0.4, 0.5) is 0 Å². The summed E-state index contributed by atoms with van der Waals surface area (Å²) in [4.78, 5) is 13.4. The highest BCUT2D eigenvalue weighted by molar-refractivity contribution is 5.87. The van der Waals surface area contributed by atoms with Crippen LogP contribution in [0.2, 0.25) is 0 Å². The fourth-order valence-electron chi connectivity index (χ4n) is 12.8. The van der Waals surface area contributed by atoms with Crippen LogP contribution in [0, 0.1) is 11.8 Å². The largest absolute Gasteiger partial charge is 0.494 e. The lowest BCUT2D eigenvalue weighted by Crippen LogP contribution is -2.04. The van der Waals surface area contributed by atoms with Gasteiger partial charge in [-0.1, -0.05) is 248 Å². The maximum Gasteiger partial charge on any atom is 0.120 e. The summed E-state index contributed by atoms with van der Waals surface area (Å²) in [5.41, 5.74) is 11.9. The number of aromatic nitrogens is 4. The minimum Gasteiger partial charge on any atom is -0.494 e. The molecule has 95 heavy (non-hydrogen) atoms. The zero-order valence-electron chi connectivity index (χ0n) is 60.6. The molecule has 0 aliphatic rings. The van der Waals surface area contributed by atoms with E-state index < -0.39 is 0 Å². The van der Waals surface area contributed by atoms with E-state index in [0.29, 0.717) is 0 Å². The Morgan fingerprint density at radius 3 is 0.937 bits per heavy atom. The number of benzene rings is 5. The van der Waals surface area contributed by atoms with E-state index in [1.807, 2.05) is 0 Å². The van der Waals surface area contributed by atoms with E-state index in [1.165, 1.54) is 245 Å². The van der Waals surface area contributed by atoms with Gasteiger partial charge in [0, 0.05) is 68.4 Å². The van der Waals surface area contributed by atoms with Gasteiger partial charge >= 0.3 is 0 Å². The molecule has 4 N–H and O–H groups in total. The summed E-state index contributed by atoms with van der Waals surface area (Å²) in [5, 5.41) is 5.26. The predicted molar refractivity (Wildman–Crippen MR) is 414 cm³/mol. The van der Waals surface area contributed by atoms with Gasteiger partial charge < -0.3 is 38.9 Å². The molecular formula is C87H132N4O4. The predicted octanol–water partition coefficient (Wildman–Crippen LogP) is 26.6. The van der Waals surface area contributed by atoms with E-state index in [1.54, 1.807) is 0 Å². The molecule has 4 aromatic heterocycles. The Bertz CT molecular complexity index is 3340. The molecule has 1 unspecified atom stereocenters. The lowest BCUT2D eigenvalue weighted by molar-refractivity contribution is 0.276. The molecule has 0 aliphatic heterocycles. The number of nitrogens with one attached hydrogen (secondary N) is 4. The first kappa shape index (κ1) is 79.2. The molecule has 0 radical (unpaired) electrons. The Morgan fingerprint density at radius 1 is 0.295 bits per heavy atom. The van der Waals surface area contributed by atoms with Crippen molar-refractivity contribution in [1.29, 1.82) is 0 Å². The van der Waals surface area contributed by atoms with Crippen LogP contribution >= 0.6 is 0 Å². The van der Waals surface area contributed by atoms with Crippen LogP contribution in [-0.2, 0) is 32.1 Å². The number of unbranched alkanes of at least 4 members (excludes halogenated alkanes) is 17. The second-order valence-corrected chi connectivity index (χ2v) is 27.3. The minimum atomic E-state index is 0. The highest BCUT2D eigenvalue weighted by Gasteiger charge is 2.11. The third-order valence-corrected chi connectivity index (χ3v) is 18.4. The number of fused-ring (bicyclic) bond motifs is 4. The van der Waals surface area contributed by atoms with Crippen molar-refractivity contribution >= 4 is 43.6 Å². The first-order valence-corrected chi connectivity index (χ1v) is 38.1. The topological polar surface area (TPSA) is 100 Å². The third-order valence-electron chi connectivity index (χ3n) is 18.4. The van der Waals surface area contributed by atoms with Gasteiger partial charge in [0.2, 0.25) is 0 Å². The van der Waals surface area contributed by atoms with Gasteiger partial charge in [-0.05, 0) is 177 Å². The second kappa shape index (κ2) is 48.2. The highest BCUT2D eigenvalue weighted by Crippen LogP contribution is 2.30. The highest BCUT2D eigenvalue weighted by atomic mass is 16.5. The minimum absolute atomic E-state index is 0. The Balaban J connectivity index is 0.000000229. The first-order valence-electron chi connectivity index (χ1n) is 38.1. The average molecular weight is 1300 g/mol. The number of hydrogen-bond donors (Lipinski definition) is 4. The molecule has 0 saturated carbocycles. The normalized spacial score (nSPS) is 11.5. The van der Waals surface area contributed by atoms with Crippen molar-refractivity contribution < 1.29 is 18.9 Å². The molecule has 524 valence electrons. The molecule has 5 aromatic carbocycles. The van der Waals surface area contributed by atoms with E-state index in [0.717, 1.165) is 99.8 Å². The fourth-order valence-corrected chi connectivity index (χ4v) is 12.8. The van der Waals surface area contributed by atoms with Gasteiger partial charge in [-0.15, -0.1) is 0 Å². The van der Waals surface area contributed by atoms with Gasteiger partial charge in [-0.25, -0.2) is 0 Å². The number of H-pyrrole nitrogens is 4. The molecule has 4 heterocycles. The zero-order valence-corrected chi connectivity index (χ0v) is 60.6. The summed E-state index contributed by atoms with van der Waals surface area (Å²) in [5.74, 6) is 5.60. The van der Waals surface area contributed by atoms with Crippen LogP contribution in [-0.4, -0.2) is 46.4 Å². The fraction of sp³-hybridized carbons (Fsp3) is 0.563. The van der Waals surface area contributed by atoms with E-state index in [9.17, 15) is 0 Å². The summed E-state index contributed by atoms with van der Waals surface area (Å²) in [6, 6.07) is 36.4. The van der Waals surface area contributed by atoms with Gasteiger partial charge in [0.05, 0.1) is 26.4 Å². The van der Waals surface area contributed by atoms with Crippen LogP contribution in [0.5, 0.6) is 23.0 Å². The second-order valence-electron chi connectivity index (χ2n) is 27.3. The van der Waals surface area contributed by atoms with Crippen molar-refractivity contribution in [3.8, 4) is 23.0 Å². The van der Waals surface area contributed by atoms with Crippen molar-refractivity contribution in [2.45, 2.75) is 282 Å². The standard InChI is InChI=1S/C24H31NO.2C21H33NO.C20H31NO.CH4/c1-2-11-21-19-25-24-16-15-22(18-23(21)24)26-17-10-5-3-4-7-12-20-13-8-6-9-14-20;1-5-7-18-15-22-21-11-10-19(14-20(18)21)23-13-12-17(4)9-6-8-16(2)3;1-3-5-6-7-8-9-10-11-15-23-19-13-14-21-20(16-19)18(12-4-2)17-22-21;1-3-5-6-7-8-9-10-14-22-18-12-13-20-19(15-18)17(11-4-2)16-21-20;/h6,8-9,13-16,18-19,25H,2-5,7,10-12,17H2,1H3;10-11,14-17,22H,5-9,12-13H2,1-4H3;13-14,16-17,22H,3-12,15H2,1-2H3;12-13,15-16,21H,3-11,14H2,1-2H3;1H4. The molecule has 8 nitrogen and oxygen atoms in total. The SMILES string of the molecule is C.CCCCCCCCCCOc1ccc2[nH]cc(CCC)c2c1.CCCCCCCCCOc1ccc2[nH]cc(CCC)c2c1.CCCc1c[nH]c2ccc(OCCC(C)CCCC(C)C)cc12.CCCc1c[nH]c2ccc(OCCCCCCCc3ccccc3)cc12. The van der Waals surface area contributed by atoms with Gasteiger partial charge in [0.15, 0.2) is 0 Å². The molecule has 9 aromatic rings. The summed E-state index contributed by atoms with van der Waals surface area (Å²) in [6.45, 7) is 23.7. The van der Waals surface area contributed by atoms with Crippen molar-refractivity contribution in [2.24, 2.45) is 11.8 Å². The van der Waals surface area contributed by atoms with Gasteiger partial charge in [-0.2, -0.15) is 0 Å².